The summed E-state index contributed by atoms with van der Waals surface area (Å²) < 4.78 is 0. The fourth-order valence-electron chi connectivity index (χ4n) is 2.12. The van der Waals surface area contributed by atoms with Crippen molar-refractivity contribution in [2.75, 3.05) is 18.4 Å². The van der Waals surface area contributed by atoms with Gasteiger partial charge in [-0.1, -0.05) is 11.6 Å². The summed E-state index contributed by atoms with van der Waals surface area (Å²) in [6.07, 6.45) is 1.94. The average Bonchev–Trinajstić information content (AvgIpc) is 2.34. The molecule has 18 heavy (non-hydrogen) atoms. The van der Waals surface area contributed by atoms with Crippen molar-refractivity contribution in [3.05, 3.63) is 32.8 Å². The third kappa shape index (κ3) is 2.91. The molecule has 0 aliphatic carbocycles. The molecule has 1 aromatic carbocycles. The summed E-state index contributed by atoms with van der Waals surface area (Å²) in [5.41, 5.74) is 1.46. The fourth-order valence-corrected chi connectivity index (χ4v) is 2.28. The number of rotatable bonds is 3. The number of nitrogens with zero attached hydrogens (tertiary/aromatic N) is 1. The summed E-state index contributed by atoms with van der Waals surface area (Å²) in [4.78, 5) is 10.6. The molecule has 5 nitrogen and oxygen atoms in total. The van der Waals surface area contributed by atoms with Crippen LogP contribution in [0.3, 0.4) is 0 Å². The van der Waals surface area contributed by atoms with Crippen LogP contribution in [0.15, 0.2) is 12.1 Å². The summed E-state index contributed by atoms with van der Waals surface area (Å²) in [6.45, 7) is 3.73. The van der Waals surface area contributed by atoms with Crippen LogP contribution in [0.1, 0.15) is 18.4 Å². The van der Waals surface area contributed by atoms with Crippen LogP contribution < -0.4 is 10.6 Å². The van der Waals surface area contributed by atoms with Crippen molar-refractivity contribution in [3.63, 3.8) is 0 Å². The molecule has 0 bridgehead atoms. The molecule has 1 aliphatic rings. The second kappa shape index (κ2) is 5.54. The van der Waals surface area contributed by atoms with Gasteiger partial charge in [0.25, 0.3) is 5.69 Å². The molecule has 2 rings (SSSR count). The number of hydrogen-bond acceptors (Lipinski definition) is 4. The van der Waals surface area contributed by atoms with E-state index < -0.39 is 4.92 Å². The molecule has 1 heterocycles. The van der Waals surface area contributed by atoms with Crippen LogP contribution in [0.2, 0.25) is 5.02 Å². The number of anilines is 1. The number of hydrogen-bond donors (Lipinski definition) is 2. The molecule has 0 amide bonds. The Labute approximate surface area is 111 Å². The topological polar surface area (TPSA) is 67.2 Å². The Morgan fingerprint density at radius 1 is 1.44 bits per heavy atom. The zero-order valence-electron chi connectivity index (χ0n) is 10.2. The maximum Gasteiger partial charge on any atom is 0.293 e. The highest BCUT2D eigenvalue weighted by Crippen LogP contribution is 2.31. The van der Waals surface area contributed by atoms with E-state index in [0.29, 0.717) is 10.7 Å². The minimum absolute atomic E-state index is 0.0455. The third-order valence-corrected chi connectivity index (χ3v) is 3.58. The summed E-state index contributed by atoms with van der Waals surface area (Å²) in [7, 11) is 0. The van der Waals surface area contributed by atoms with Gasteiger partial charge in [-0.2, -0.15) is 0 Å². The highest BCUT2D eigenvalue weighted by molar-refractivity contribution is 6.31. The molecule has 0 saturated carbocycles. The van der Waals surface area contributed by atoms with E-state index in [0.717, 1.165) is 31.5 Å². The summed E-state index contributed by atoms with van der Waals surface area (Å²) in [6, 6.07) is 3.45. The number of benzene rings is 1. The van der Waals surface area contributed by atoms with Gasteiger partial charge in [0.05, 0.1) is 9.95 Å². The predicted octanol–water partition coefficient (Wildman–Crippen LogP) is 2.72. The van der Waals surface area contributed by atoms with E-state index in [1.165, 1.54) is 6.07 Å². The standard InChI is InChI=1S/C12H16ClN3O2/c1-8-6-11(12(16(17)18)7-10(8)13)15-9-2-4-14-5-3-9/h6-7,9,14-15H,2-5H2,1H3. The van der Waals surface area contributed by atoms with Crippen LogP contribution in [0, 0.1) is 17.0 Å². The molecule has 6 heteroatoms. The first-order valence-electron chi connectivity index (χ1n) is 5.99. The Morgan fingerprint density at radius 2 is 2.11 bits per heavy atom. The molecule has 0 unspecified atom stereocenters. The molecule has 2 N–H and O–H groups in total. The number of nitro benzene ring substituents is 1. The monoisotopic (exact) mass is 269 g/mol. The molecule has 98 valence electrons. The van der Waals surface area contributed by atoms with E-state index in [2.05, 4.69) is 10.6 Å². The van der Waals surface area contributed by atoms with Gasteiger partial charge in [0.15, 0.2) is 0 Å². The quantitative estimate of drug-likeness (QED) is 0.654. The molecule has 1 aliphatic heterocycles. The SMILES string of the molecule is Cc1cc(NC2CCNCC2)c([N+](=O)[O-])cc1Cl. The van der Waals surface area contributed by atoms with E-state index in [1.54, 1.807) is 6.07 Å². The van der Waals surface area contributed by atoms with Crippen LogP contribution in [-0.2, 0) is 0 Å². The molecule has 0 aromatic heterocycles. The van der Waals surface area contributed by atoms with E-state index in [1.807, 2.05) is 6.92 Å². The van der Waals surface area contributed by atoms with Crippen LogP contribution in [0.4, 0.5) is 11.4 Å². The zero-order chi connectivity index (χ0) is 13.1. The van der Waals surface area contributed by atoms with Crippen molar-refractivity contribution < 1.29 is 4.92 Å². The predicted molar refractivity (Wildman–Crippen MR) is 72.4 cm³/mol. The molecular weight excluding hydrogens is 254 g/mol. The normalized spacial score (nSPS) is 16.6. The maximum atomic E-state index is 11.0. The van der Waals surface area contributed by atoms with E-state index in [4.69, 9.17) is 11.6 Å². The molecule has 1 saturated heterocycles. The van der Waals surface area contributed by atoms with Gasteiger partial charge >= 0.3 is 0 Å². The van der Waals surface area contributed by atoms with Gasteiger partial charge in [0.2, 0.25) is 0 Å². The molecule has 1 aromatic rings. The molecule has 0 atom stereocenters. The van der Waals surface area contributed by atoms with Gasteiger partial charge in [0.1, 0.15) is 5.69 Å². The summed E-state index contributed by atoms with van der Waals surface area (Å²) in [5, 5.41) is 18.0. The zero-order valence-corrected chi connectivity index (χ0v) is 11.0. The maximum absolute atomic E-state index is 11.0. The second-order valence-electron chi connectivity index (χ2n) is 4.54. The Hall–Kier alpha value is -1.33. The van der Waals surface area contributed by atoms with Gasteiger partial charge in [-0.25, -0.2) is 0 Å². The van der Waals surface area contributed by atoms with E-state index in [-0.39, 0.29) is 11.7 Å². The van der Waals surface area contributed by atoms with Crippen molar-refractivity contribution in [1.82, 2.24) is 5.32 Å². The smallest absolute Gasteiger partial charge is 0.293 e. The lowest BCUT2D eigenvalue weighted by molar-refractivity contribution is -0.384. The Bertz CT molecular complexity index is 459. The van der Waals surface area contributed by atoms with Gasteiger partial charge in [0, 0.05) is 12.1 Å². The van der Waals surface area contributed by atoms with Crippen LogP contribution in [0.5, 0.6) is 0 Å². The number of halogens is 1. The van der Waals surface area contributed by atoms with Crippen molar-refractivity contribution in [1.29, 1.82) is 0 Å². The fraction of sp³-hybridized carbons (Fsp3) is 0.500. The highest BCUT2D eigenvalue weighted by atomic mass is 35.5. The minimum Gasteiger partial charge on any atom is -0.377 e. The molecule has 1 fully saturated rings. The lowest BCUT2D eigenvalue weighted by Gasteiger charge is -2.24. The van der Waals surface area contributed by atoms with Crippen LogP contribution in [-0.4, -0.2) is 24.1 Å². The number of nitro groups is 1. The third-order valence-electron chi connectivity index (χ3n) is 3.17. The van der Waals surface area contributed by atoms with Crippen LogP contribution >= 0.6 is 11.6 Å². The number of aryl methyl sites for hydroxylation is 1. The first kappa shape index (κ1) is 13.1. The second-order valence-corrected chi connectivity index (χ2v) is 4.95. The lowest BCUT2D eigenvalue weighted by atomic mass is 10.1. The van der Waals surface area contributed by atoms with E-state index in [9.17, 15) is 10.1 Å². The van der Waals surface area contributed by atoms with Crippen LogP contribution in [0.25, 0.3) is 0 Å². The van der Waals surface area contributed by atoms with Gasteiger partial charge in [-0.3, -0.25) is 10.1 Å². The number of nitrogens with one attached hydrogen (secondary N) is 2. The van der Waals surface area contributed by atoms with Gasteiger partial charge < -0.3 is 10.6 Å². The van der Waals surface area contributed by atoms with Gasteiger partial charge in [-0.05, 0) is 44.5 Å². The Kier molecular flexibility index (Phi) is 4.04. The van der Waals surface area contributed by atoms with Crippen molar-refractivity contribution >= 4 is 23.0 Å². The summed E-state index contributed by atoms with van der Waals surface area (Å²) in [5.74, 6) is 0. The molecule has 0 radical (unpaired) electrons. The largest absolute Gasteiger partial charge is 0.377 e. The average molecular weight is 270 g/mol. The Balaban J connectivity index is 2.24. The summed E-state index contributed by atoms with van der Waals surface area (Å²) >= 11 is 5.93. The Morgan fingerprint density at radius 3 is 2.72 bits per heavy atom. The van der Waals surface area contributed by atoms with Gasteiger partial charge in [-0.15, -0.1) is 0 Å². The van der Waals surface area contributed by atoms with Crippen molar-refractivity contribution in [2.45, 2.75) is 25.8 Å². The van der Waals surface area contributed by atoms with Crippen molar-refractivity contribution in [3.8, 4) is 0 Å². The van der Waals surface area contributed by atoms with E-state index >= 15 is 0 Å². The number of piperidine rings is 1. The minimum atomic E-state index is -0.394. The first-order chi connectivity index (χ1) is 8.58. The van der Waals surface area contributed by atoms with Crippen molar-refractivity contribution in [2.24, 2.45) is 0 Å². The lowest BCUT2D eigenvalue weighted by Crippen LogP contribution is -2.35. The first-order valence-corrected chi connectivity index (χ1v) is 6.37. The highest BCUT2D eigenvalue weighted by Gasteiger charge is 2.20. The molecule has 0 spiro atoms. The molecular formula is C12H16ClN3O2.